The Kier molecular flexibility index (Phi) is 8.35. The summed E-state index contributed by atoms with van der Waals surface area (Å²) in [6.45, 7) is 7.85. The molecule has 1 aromatic rings. The predicted octanol–water partition coefficient (Wildman–Crippen LogP) is 5.80. The highest BCUT2D eigenvalue weighted by atomic mass is 32.2. The third-order valence-electron chi connectivity index (χ3n) is 4.40. The highest BCUT2D eigenvalue weighted by molar-refractivity contribution is 8.03. The van der Waals surface area contributed by atoms with Gasteiger partial charge in [-0.15, -0.1) is 11.8 Å². The van der Waals surface area contributed by atoms with E-state index in [1.165, 1.54) is 6.07 Å². The number of halogens is 2. The normalized spacial score (nSPS) is 15.3. The maximum absolute atomic E-state index is 13.4. The van der Waals surface area contributed by atoms with E-state index in [0.717, 1.165) is 36.0 Å². The van der Waals surface area contributed by atoms with E-state index < -0.39 is 17.8 Å². The summed E-state index contributed by atoms with van der Waals surface area (Å²) in [7, 11) is 0. The van der Waals surface area contributed by atoms with E-state index in [1.807, 2.05) is 13.0 Å². The summed E-state index contributed by atoms with van der Waals surface area (Å²) in [6, 6.07) is 3.96. The fourth-order valence-corrected chi connectivity index (χ4v) is 3.98. The average molecular weight is 412 g/mol. The topological polar surface area (TPSA) is 49.8 Å². The van der Waals surface area contributed by atoms with Crippen LogP contribution in [0.5, 0.6) is 0 Å². The summed E-state index contributed by atoms with van der Waals surface area (Å²) in [4.78, 5) is 13.2. The summed E-state index contributed by atoms with van der Waals surface area (Å²) in [5, 5.41) is 9.99. The second-order valence-electron chi connectivity index (χ2n) is 7.28. The van der Waals surface area contributed by atoms with Crippen LogP contribution in [0.3, 0.4) is 0 Å². The molecule has 154 valence electrons. The average Bonchev–Trinajstić information content (AvgIpc) is 2.62. The maximum atomic E-state index is 13.4. The lowest BCUT2D eigenvalue weighted by atomic mass is 10.1. The van der Waals surface area contributed by atoms with E-state index in [-0.39, 0.29) is 5.25 Å². The number of allylic oxidation sites excluding steroid dienone is 1. The molecule has 0 aliphatic carbocycles. The van der Waals surface area contributed by atoms with Gasteiger partial charge in [-0.25, -0.2) is 13.6 Å². The molecule has 0 amide bonds. The van der Waals surface area contributed by atoms with Gasteiger partial charge in [-0.1, -0.05) is 32.9 Å². The van der Waals surface area contributed by atoms with Crippen LogP contribution < -0.4 is 0 Å². The van der Waals surface area contributed by atoms with Crippen molar-refractivity contribution in [1.82, 2.24) is 4.90 Å². The van der Waals surface area contributed by atoms with Gasteiger partial charge < -0.3 is 14.7 Å². The Bertz CT molecular complexity index is 749. The second-order valence-corrected chi connectivity index (χ2v) is 8.71. The minimum atomic E-state index is -1.34. The third-order valence-corrected chi connectivity index (χ3v) is 5.72. The molecule has 1 N–H and O–H groups in total. The smallest absolute Gasteiger partial charge is 0.449 e. The summed E-state index contributed by atoms with van der Waals surface area (Å²) in [5.74, 6) is -0.810. The summed E-state index contributed by atoms with van der Waals surface area (Å²) < 4.78 is 31.4. The second kappa shape index (κ2) is 10.5. The monoisotopic (exact) mass is 411 g/mol. The number of hydrogen-bond donors (Lipinski definition) is 1. The van der Waals surface area contributed by atoms with Gasteiger partial charge in [0.15, 0.2) is 17.4 Å². The summed E-state index contributed by atoms with van der Waals surface area (Å²) in [5.41, 5.74) is 0.738. The first-order valence-corrected chi connectivity index (χ1v) is 10.3. The molecule has 4 nitrogen and oxygen atoms in total. The zero-order valence-electron chi connectivity index (χ0n) is 16.5. The number of carboxylic acid groups (broad SMARTS) is 1. The van der Waals surface area contributed by atoms with Crippen LogP contribution in [0.2, 0.25) is 0 Å². The lowest BCUT2D eigenvalue weighted by Crippen LogP contribution is -2.29. The van der Waals surface area contributed by atoms with Crippen molar-refractivity contribution in [3.05, 3.63) is 58.3 Å². The van der Waals surface area contributed by atoms with E-state index in [2.05, 4.69) is 18.7 Å². The number of ether oxygens (including phenoxy) is 1. The van der Waals surface area contributed by atoms with E-state index in [4.69, 9.17) is 9.84 Å². The molecule has 0 fully saturated rings. The third kappa shape index (κ3) is 6.86. The van der Waals surface area contributed by atoms with Gasteiger partial charge in [0, 0.05) is 18.3 Å². The zero-order valence-corrected chi connectivity index (χ0v) is 17.3. The number of thioether (sulfide) groups is 1. The van der Waals surface area contributed by atoms with Crippen LogP contribution in [0.1, 0.15) is 39.2 Å². The van der Waals surface area contributed by atoms with Crippen LogP contribution >= 0.6 is 11.8 Å². The summed E-state index contributed by atoms with van der Waals surface area (Å²) >= 11 is 1.56. The Morgan fingerprint density at radius 1 is 1.25 bits per heavy atom. The molecule has 2 rings (SSSR count). The molecule has 1 unspecified atom stereocenters. The molecule has 0 radical (unpaired) electrons. The molecule has 0 aromatic heterocycles. The van der Waals surface area contributed by atoms with Gasteiger partial charge in [-0.2, -0.15) is 0 Å². The molecular formula is C21H27F2NO3S. The van der Waals surface area contributed by atoms with Gasteiger partial charge in [0.25, 0.3) is 0 Å². The van der Waals surface area contributed by atoms with Crippen molar-refractivity contribution in [3.63, 3.8) is 0 Å². The molecule has 1 aromatic carbocycles. The van der Waals surface area contributed by atoms with E-state index in [1.54, 1.807) is 23.9 Å². The van der Waals surface area contributed by atoms with Crippen molar-refractivity contribution >= 4 is 17.9 Å². The quantitative estimate of drug-likeness (QED) is 0.521. The van der Waals surface area contributed by atoms with Gasteiger partial charge in [0.1, 0.15) is 5.03 Å². The van der Waals surface area contributed by atoms with Crippen molar-refractivity contribution in [1.29, 1.82) is 0 Å². The van der Waals surface area contributed by atoms with Gasteiger partial charge >= 0.3 is 6.16 Å². The minimum absolute atomic E-state index is 0.142. The molecule has 1 atom stereocenters. The number of aryl methyl sites for hydroxylation is 1. The van der Waals surface area contributed by atoms with Crippen molar-refractivity contribution in [2.45, 2.75) is 45.3 Å². The Hall–Kier alpha value is -2.02. The molecule has 7 heteroatoms. The van der Waals surface area contributed by atoms with Crippen LogP contribution in [0.15, 0.2) is 41.1 Å². The first-order valence-electron chi connectivity index (χ1n) is 9.43. The standard InChI is InChI=1S/C21H27F2NO3S/c1-14(2)10-12-24-11-4-5-19(27-21(25)26)20(24)28-15(3)6-7-16-8-9-17(22)18(23)13-16/h4-5,8-9,13-15H,6-7,10-12H2,1-3H3,(H,25,26). The van der Waals surface area contributed by atoms with E-state index in [0.29, 0.717) is 24.6 Å². The van der Waals surface area contributed by atoms with E-state index >= 15 is 0 Å². The number of carbonyl (C=O) groups is 1. The van der Waals surface area contributed by atoms with Crippen molar-refractivity contribution < 1.29 is 23.4 Å². The van der Waals surface area contributed by atoms with Gasteiger partial charge in [-0.05, 0) is 49.0 Å². The summed E-state index contributed by atoms with van der Waals surface area (Å²) in [6.07, 6.45) is 4.59. The van der Waals surface area contributed by atoms with Gasteiger partial charge in [0.2, 0.25) is 0 Å². The molecule has 0 spiro atoms. The molecule has 1 heterocycles. The number of rotatable bonds is 9. The number of hydrogen-bond acceptors (Lipinski definition) is 4. The van der Waals surface area contributed by atoms with Crippen molar-refractivity contribution in [3.8, 4) is 0 Å². The zero-order chi connectivity index (χ0) is 20.7. The fraction of sp³-hybridized carbons (Fsp3) is 0.476. The van der Waals surface area contributed by atoms with Crippen LogP contribution in [0, 0.1) is 17.6 Å². The predicted molar refractivity (Wildman–Crippen MR) is 108 cm³/mol. The van der Waals surface area contributed by atoms with Crippen molar-refractivity contribution in [2.75, 3.05) is 13.1 Å². The molecule has 28 heavy (non-hydrogen) atoms. The Morgan fingerprint density at radius 2 is 2.00 bits per heavy atom. The fourth-order valence-electron chi connectivity index (χ4n) is 2.82. The SMILES string of the molecule is CC(C)CCN1CC=CC(OC(=O)O)=C1SC(C)CCc1ccc(F)c(F)c1. The highest BCUT2D eigenvalue weighted by Crippen LogP contribution is 2.34. The van der Waals surface area contributed by atoms with Crippen LogP contribution in [-0.2, 0) is 11.2 Å². The van der Waals surface area contributed by atoms with Crippen LogP contribution in [0.25, 0.3) is 0 Å². The molecule has 1 aliphatic rings. The minimum Gasteiger partial charge on any atom is -0.449 e. The molecule has 1 aliphatic heterocycles. The highest BCUT2D eigenvalue weighted by Gasteiger charge is 2.22. The Labute approximate surface area is 169 Å². The molecular weight excluding hydrogens is 384 g/mol. The first-order chi connectivity index (χ1) is 13.3. The van der Waals surface area contributed by atoms with Gasteiger partial charge in [0.05, 0.1) is 0 Å². The maximum Gasteiger partial charge on any atom is 0.511 e. The Balaban J connectivity index is 2.06. The van der Waals surface area contributed by atoms with Gasteiger partial charge in [-0.3, -0.25) is 0 Å². The molecule has 0 saturated carbocycles. The number of benzene rings is 1. The van der Waals surface area contributed by atoms with Crippen molar-refractivity contribution in [2.24, 2.45) is 5.92 Å². The largest absolute Gasteiger partial charge is 0.511 e. The van der Waals surface area contributed by atoms with E-state index in [9.17, 15) is 13.6 Å². The van der Waals surface area contributed by atoms with Crippen LogP contribution in [-0.4, -0.2) is 34.5 Å². The lowest BCUT2D eigenvalue weighted by Gasteiger charge is -2.31. The molecule has 0 bridgehead atoms. The first kappa shape index (κ1) is 22.3. The molecule has 0 saturated heterocycles. The lowest BCUT2D eigenvalue weighted by molar-refractivity contribution is 0.119. The Morgan fingerprint density at radius 3 is 2.64 bits per heavy atom. The number of nitrogens with zero attached hydrogens (tertiary/aromatic N) is 1. The van der Waals surface area contributed by atoms with Crippen LogP contribution in [0.4, 0.5) is 13.6 Å².